The third kappa shape index (κ3) is 3.81. The van der Waals surface area contributed by atoms with Crippen LogP contribution in [0.25, 0.3) is 11.3 Å². The number of hydrogen-bond donors (Lipinski definition) is 0. The quantitative estimate of drug-likeness (QED) is 0.518. The maximum absolute atomic E-state index is 12.5. The molecule has 2 aromatic carbocycles. The number of carbonyl (C=O) groups is 1. The summed E-state index contributed by atoms with van der Waals surface area (Å²) in [5, 5.41) is 10.1. The number of nitriles is 1. The average Bonchev–Trinajstić information content (AvgIpc) is 2.62. The first kappa shape index (κ1) is 18.2. The molecule has 1 aromatic heterocycles. The van der Waals surface area contributed by atoms with Crippen LogP contribution in [0.2, 0.25) is 15.1 Å². The molecule has 0 bridgehead atoms. The summed E-state index contributed by atoms with van der Waals surface area (Å²) in [6.07, 6.45) is 0. The van der Waals surface area contributed by atoms with Crippen LogP contribution >= 0.6 is 34.8 Å². The molecule has 0 aliphatic rings. The van der Waals surface area contributed by atoms with Crippen molar-refractivity contribution < 1.29 is 9.53 Å². The van der Waals surface area contributed by atoms with E-state index in [1.165, 1.54) is 18.2 Å². The zero-order chi connectivity index (χ0) is 18.7. The third-order valence-corrected chi connectivity index (χ3v) is 4.36. The number of halogens is 3. The zero-order valence-corrected chi connectivity index (χ0v) is 15.3. The topological polar surface area (TPSA) is 63.0 Å². The predicted octanol–water partition coefficient (Wildman–Crippen LogP) is 5.80. The fourth-order valence-electron chi connectivity index (χ4n) is 2.22. The number of esters is 1. The lowest BCUT2D eigenvalue weighted by atomic mass is 10.1. The van der Waals surface area contributed by atoms with Gasteiger partial charge in [0.2, 0.25) is 5.88 Å². The van der Waals surface area contributed by atoms with Gasteiger partial charge in [0.05, 0.1) is 21.3 Å². The van der Waals surface area contributed by atoms with Crippen molar-refractivity contribution >= 4 is 40.8 Å². The first-order valence-corrected chi connectivity index (χ1v) is 8.46. The van der Waals surface area contributed by atoms with Crippen molar-refractivity contribution in [3.63, 3.8) is 0 Å². The molecule has 0 amide bonds. The SMILES string of the molecule is N#Cc1ccc(-c2ccc(Cl)cc2)nc1OC(=O)c1c(Cl)cccc1Cl. The summed E-state index contributed by atoms with van der Waals surface area (Å²) in [6, 6.07) is 16.7. The van der Waals surface area contributed by atoms with Gasteiger partial charge in [-0.3, -0.25) is 0 Å². The van der Waals surface area contributed by atoms with Gasteiger partial charge in [-0.2, -0.15) is 5.26 Å². The number of rotatable bonds is 3. The maximum Gasteiger partial charge on any atom is 0.347 e. The highest BCUT2D eigenvalue weighted by Crippen LogP contribution is 2.28. The van der Waals surface area contributed by atoms with Gasteiger partial charge in [-0.1, -0.05) is 53.0 Å². The Morgan fingerprint density at radius 1 is 0.962 bits per heavy atom. The summed E-state index contributed by atoms with van der Waals surface area (Å²) in [7, 11) is 0. The zero-order valence-electron chi connectivity index (χ0n) is 13.0. The first-order chi connectivity index (χ1) is 12.5. The van der Waals surface area contributed by atoms with Gasteiger partial charge in [-0.25, -0.2) is 9.78 Å². The van der Waals surface area contributed by atoms with Gasteiger partial charge in [0.25, 0.3) is 0 Å². The van der Waals surface area contributed by atoms with Gasteiger partial charge in [-0.15, -0.1) is 0 Å². The second-order valence-corrected chi connectivity index (χ2v) is 6.40. The second kappa shape index (κ2) is 7.76. The number of benzene rings is 2. The summed E-state index contributed by atoms with van der Waals surface area (Å²) in [5.41, 5.74) is 1.40. The van der Waals surface area contributed by atoms with Crippen molar-refractivity contribution in [3.8, 4) is 23.2 Å². The van der Waals surface area contributed by atoms with Crippen molar-refractivity contribution in [3.05, 3.63) is 80.8 Å². The smallest absolute Gasteiger partial charge is 0.347 e. The standard InChI is InChI=1S/C19H9Cl3N2O2/c20-13-7-4-11(5-8-13)16-9-6-12(10-23)18(24-16)26-19(25)17-14(21)2-1-3-15(17)22/h1-9H. The van der Waals surface area contributed by atoms with E-state index in [2.05, 4.69) is 4.98 Å². The molecule has 0 saturated carbocycles. The fraction of sp³-hybridized carbons (Fsp3) is 0. The number of hydrogen-bond acceptors (Lipinski definition) is 4. The molecule has 0 unspecified atom stereocenters. The van der Waals surface area contributed by atoms with Crippen LogP contribution in [0.3, 0.4) is 0 Å². The van der Waals surface area contributed by atoms with E-state index in [0.29, 0.717) is 10.7 Å². The van der Waals surface area contributed by atoms with E-state index in [1.54, 1.807) is 36.4 Å². The molecule has 0 aliphatic carbocycles. The van der Waals surface area contributed by atoms with E-state index in [0.717, 1.165) is 5.56 Å². The van der Waals surface area contributed by atoms with Gasteiger partial charge in [0, 0.05) is 10.6 Å². The van der Waals surface area contributed by atoms with Gasteiger partial charge in [0.1, 0.15) is 11.6 Å². The Morgan fingerprint density at radius 2 is 1.62 bits per heavy atom. The van der Waals surface area contributed by atoms with Gasteiger partial charge in [-0.05, 0) is 36.4 Å². The van der Waals surface area contributed by atoms with E-state index in [4.69, 9.17) is 39.5 Å². The number of pyridine rings is 1. The Kier molecular flexibility index (Phi) is 5.43. The Bertz CT molecular complexity index is 1010. The van der Waals surface area contributed by atoms with Crippen LogP contribution in [0.5, 0.6) is 5.88 Å². The molecule has 0 N–H and O–H groups in total. The van der Waals surface area contributed by atoms with Gasteiger partial charge >= 0.3 is 5.97 Å². The highest BCUT2D eigenvalue weighted by atomic mass is 35.5. The van der Waals surface area contributed by atoms with Crippen LogP contribution in [0.1, 0.15) is 15.9 Å². The predicted molar refractivity (Wildman–Crippen MR) is 101 cm³/mol. The maximum atomic E-state index is 12.5. The lowest BCUT2D eigenvalue weighted by Gasteiger charge is -2.09. The summed E-state index contributed by atoms with van der Waals surface area (Å²) in [5.74, 6) is -0.918. The number of aromatic nitrogens is 1. The van der Waals surface area contributed by atoms with Crippen molar-refractivity contribution in [1.82, 2.24) is 4.98 Å². The molecule has 0 fully saturated rings. The van der Waals surface area contributed by atoms with Crippen molar-refractivity contribution in [2.75, 3.05) is 0 Å². The minimum atomic E-state index is -0.794. The molecular formula is C19H9Cl3N2O2. The summed E-state index contributed by atoms with van der Waals surface area (Å²) < 4.78 is 5.30. The summed E-state index contributed by atoms with van der Waals surface area (Å²) in [6.45, 7) is 0. The monoisotopic (exact) mass is 402 g/mol. The fourth-order valence-corrected chi connectivity index (χ4v) is 2.89. The molecule has 0 radical (unpaired) electrons. The molecule has 3 aromatic rings. The van der Waals surface area contributed by atoms with Crippen LogP contribution in [-0.4, -0.2) is 11.0 Å². The van der Waals surface area contributed by atoms with E-state index < -0.39 is 5.97 Å². The van der Waals surface area contributed by atoms with Crippen molar-refractivity contribution in [2.45, 2.75) is 0 Å². The summed E-state index contributed by atoms with van der Waals surface area (Å²) in [4.78, 5) is 16.7. The van der Waals surface area contributed by atoms with Gasteiger partial charge in [0.15, 0.2) is 0 Å². The Labute approximate surface area is 164 Å². The minimum absolute atomic E-state index is 0.0124. The molecule has 26 heavy (non-hydrogen) atoms. The molecule has 0 spiro atoms. The molecule has 3 rings (SSSR count). The van der Waals surface area contributed by atoms with E-state index in [-0.39, 0.29) is 27.1 Å². The largest absolute Gasteiger partial charge is 0.402 e. The summed E-state index contributed by atoms with van der Waals surface area (Å²) >= 11 is 17.9. The molecule has 0 saturated heterocycles. The lowest BCUT2D eigenvalue weighted by molar-refractivity contribution is 0.0727. The Hall–Kier alpha value is -2.58. The number of nitrogens with zero attached hydrogens (tertiary/aromatic N) is 2. The Balaban J connectivity index is 1.99. The number of carbonyl (C=O) groups excluding carboxylic acids is 1. The highest BCUT2D eigenvalue weighted by molar-refractivity contribution is 6.39. The minimum Gasteiger partial charge on any atom is -0.402 e. The van der Waals surface area contributed by atoms with E-state index in [1.807, 2.05) is 6.07 Å². The van der Waals surface area contributed by atoms with E-state index >= 15 is 0 Å². The van der Waals surface area contributed by atoms with Crippen LogP contribution in [0, 0.1) is 11.3 Å². The highest BCUT2D eigenvalue weighted by Gasteiger charge is 2.19. The molecule has 0 atom stereocenters. The second-order valence-electron chi connectivity index (χ2n) is 5.15. The Morgan fingerprint density at radius 3 is 2.23 bits per heavy atom. The van der Waals surface area contributed by atoms with Crippen LogP contribution < -0.4 is 4.74 Å². The van der Waals surface area contributed by atoms with E-state index in [9.17, 15) is 10.1 Å². The van der Waals surface area contributed by atoms with Crippen molar-refractivity contribution in [2.24, 2.45) is 0 Å². The lowest BCUT2D eigenvalue weighted by Crippen LogP contribution is -2.12. The average molecular weight is 404 g/mol. The molecular weight excluding hydrogens is 395 g/mol. The first-order valence-electron chi connectivity index (χ1n) is 7.33. The van der Waals surface area contributed by atoms with Crippen LogP contribution in [0.15, 0.2) is 54.6 Å². The van der Waals surface area contributed by atoms with Crippen molar-refractivity contribution in [1.29, 1.82) is 5.26 Å². The molecule has 4 nitrogen and oxygen atoms in total. The van der Waals surface area contributed by atoms with Crippen LogP contribution in [0.4, 0.5) is 0 Å². The normalized spacial score (nSPS) is 10.2. The molecule has 128 valence electrons. The third-order valence-electron chi connectivity index (χ3n) is 3.48. The molecule has 1 heterocycles. The molecule has 0 aliphatic heterocycles. The molecule has 7 heteroatoms. The van der Waals surface area contributed by atoms with Gasteiger partial charge < -0.3 is 4.74 Å². The number of ether oxygens (including phenoxy) is 1. The van der Waals surface area contributed by atoms with Crippen LogP contribution in [-0.2, 0) is 0 Å².